The fraction of sp³-hybridized carbons (Fsp3) is 0.0467. The molecule has 0 N–H and O–H groups in total. The first-order chi connectivity index (χ1) is 64.3. The highest BCUT2D eigenvalue weighted by atomic mass is 16.6. The Hall–Kier alpha value is -18.1. The summed E-state index contributed by atoms with van der Waals surface area (Å²) in [5.74, 6) is 7.12. The first kappa shape index (κ1) is 86.5. The summed E-state index contributed by atoms with van der Waals surface area (Å²) in [6, 6.07) is 129. The molecule has 15 aromatic carbocycles. The highest BCUT2D eigenvalue weighted by Gasteiger charge is 2.20. The molecule has 0 unspecified atom stereocenters. The van der Waals surface area contributed by atoms with Crippen molar-refractivity contribution in [3.63, 3.8) is 0 Å². The zero-order valence-electron chi connectivity index (χ0n) is 71.4. The van der Waals surface area contributed by atoms with Crippen LogP contribution >= 0.6 is 0 Å². The van der Waals surface area contributed by atoms with Gasteiger partial charge in [0.1, 0.15) is 69.0 Å². The number of aromatic nitrogens is 12. The molecule has 4 aromatic heterocycles. The van der Waals surface area contributed by atoms with E-state index in [4.69, 9.17) is 56.8 Å². The molecule has 0 bridgehead atoms. The first-order valence-corrected chi connectivity index (χ1v) is 41.5. The number of benzene rings is 15. The van der Waals surface area contributed by atoms with E-state index in [1.807, 2.05) is 405 Å². The van der Waals surface area contributed by atoms with Crippen molar-refractivity contribution in [3.8, 4) is 175 Å². The van der Waals surface area contributed by atoms with E-state index in [9.17, 15) is 0 Å². The van der Waals surface area contributed by atoms with Crippen LogP contribution in [0.5, 0.6) is 141 Å². The van der Waals surface area contributed by atoms with Crippen LogP contribution in [0.2, 0.25) is 0 Å². The SMILES string of the molecule is Cc1ccc(Oc2nc(Oc3ccc(C)cc3)nc(Oc3ccc(C)cc3)n2)cc1.Cc1ccc(Oc2nc(Oc3ccccc3)nc(Oc3ccc(C)cc3)n2)cc1.c1ccc(Oc2nc(Oc3ccc(-c4ccccc4)cc3)nc(Oc3ccc(-c4ccccc4)cc3)n2)cc1.c1ccc(Oc2nc(Oc3ccccc3)nc(Oc3ccc(-c4ccccc4)cc3)n2)cc1. The van der Waals surface area contributed by atoms with Crippen molar-refractivity contribution < 1.29 is 56.8 Å². The van der Waals surface area contributed by atoms with Crippen LogP contribution in [0.3, 0.4) is 0 Å². The zero-order valence-corrected chi connectivity index (χ0v) is 71.4. The lowest BCUT2D eigenvalue weighted by Crippen LogP contribution is -2.01. The average Bonchev–Trinajstić information content (AvgIpc) is 0.837. The van der Waals surface area contributed by atoms with Crippen molar-refractivity contribution >= 4 is 0 Å². The van der Waals surface area contributed by atoms with Crippen LogP contribution in [0, 0.1) is 34.6 Å². The van der Waals surface area contributed by atoms with Gasteiger partial charge in [-0.15, -0.1) is 59.8 Å². The lowest BCUT2D eigenvalue weighted by atomic mass is 10.1. The summed E-state index contributed by atoms with van der Waals surface area (Å²) in [4.78, 5) is 51.6. The molecule has 24 nitrogen and oxygen atoms in total. The number of hydrogen-bond acceptors (Lipinski definition) is 24. The molecule has 0 aliphatic carbocycles. The van der Waals surface area contributed by atoms with Gasteiger partial charge >= 0.3 is 72.1 Å². The van der Waals surface area contributed by atoms with Gasteiger partial charge in [0.2, 0.25) is 0 Å². The lowest BCUT2D eigenvalue weighted by molar-refractivity contribution is 0.361. The van der Waals surface area contributed by atoms with Crippen molar-refractivity contribution in [2.45, 2.75) is 34.6 Å². The van der Waals surface area contributed by atoms with Gasteiger partial charge in [-0.2, -0.15) is 0 Å². The Labute approximate surface area is 755 Å². The Morgan fingerprint density at radius 1 is 0.107 bits per heavy atom. The van der Waals surface area contributed by atoms with E-state index < -0.39 is 0 Å². The van der Waals surface area contributed by atoms with Gasteiger partial charge < -0.3 is 56.8 Å². The van der Waals surface area contributed by atoms with Gasteiger partial charge in [0, 0.05) is 0 Å². The minimum Gasteiger partial charge on any atom is -0.424 e. The van der Waals surface area contributed by atoms with Crippen molar-refractivity contribution in [1.82, 2.24) is 59.8 Å². The molecule has 0 atom stereocenters. The molecule has 0 amide bonds. The standard InChI is InChI=1S/C33H23N3O3.C27H19N3O3.C24H21N3O3.C23H19N3O3/c1-4-10-24(11-5-1)26-16-20-29(21-17-26)38-32-34-31(37-28-14-8-3-9-15-28)35-33(36-32)39-30-22-18-27(19-23-30)25-12-6-2-7-13-25;1-4-10-20(11-5-1)21-16-18-24(19-17-21)33-27-29-25(31-22-12-6-2-7-13-22)28-26(30-27)32-23-14-8-3-9-15-23;1-16-4-10-19(11-5-16)28-22-25-23(29-20-12-6-17(2)7-13-20)27-24(26-22)30-21-14-8-18(3)9-15-21;1-16-8-12-19(13-9-16)28-22-24-21(27-18-6-4-3-5-7-18)25-23(26-22)29-20-14-10-17(2)11-15-20/h1-23H;1-19H;4-15H,1-3H3;3-15H,1-2H3. The van der Waals surface area contributed by atoms with Gasteiger partial charge in [-0.05, 0) is 214 Å². The van der Waals surface area contributed by atoms with E-state index >= 15 is 0 Å². The largest absolute Gasteiger partial charge is 0.424 e. The maximum absolute atomic E-state index is 5.98. The molecule has 4 heterocycles. The minimum absolute atomic E-state index is 0.0549. The summed E-state index contributed by atoms with van der Waals surface area (Å²) in [6.07, 6.45) is 0. The zero-order chi connectivity index (χ0) is 89.6. The lowest BCUT2D eigenvalue weighted by Gasteiger charge is -2.10. The van der Waals surface area contributed by atoms with Crippen molar-refractivity contribution in [3.05, 3.63) is 434 Å². The van der Waals surface area contributed by atoms with Crippen LogP contribution in [-0.2, 0) is 0 Å². The Balaban J connectivity index is 0.000000129. The first-order valence-electron chi connectivity index (χ1n) is 41.5. The quantitative estimate of drug-likeness (QED) is 0.0463. The molecule has 642 valence electrons. The smallest absolute Gasteiger partial charge is 0.331 e. The summed E-state index contributed by atoms with van der Waals surface area (Å²) in [6.45, 7) is 10.0. The van der Waals surface area contributed by atoms with Gasteiger partial charge in [0.15, 0.2) is 0 Å². The van der Waals surface area contributed by atoms with E-state index in [0.717, 1.165) is 61.2 Å². The molecule has 0 aliphatic rings. The van der Waals surface area contributed by atoms with Crippen molar-refractivity contribution in [1.29, 1.82) is 0 Å². The predicted molar refractivity (Wildman–Crippen MR) is 497 cm³/mol. The summed E-state index contributed by atoms with van der Waals surface area (Å²) in [5, 5.41) is 0. The maximum Gasteiger partial charge on any atom is 0.331 e. The predicted octanol–water partition coefficient (Wildman–Crippen LogP) is 27.5. The highest BCUT2D eigenvalue weighted by Crippen LogP contribution is 2.36. The average molecular weight is 1730 g/mol. The Bertz CT molecular complexity index is 6430. The third-order valence-corrected chi connectivity index (χ3v) is 18.8. The molecule has 19 rings (SSSR count). The third kappa shape index (κ3) is 26.5. The highest BCUT2D eigenvalue weighted by molar-refractivity contribution is 5.66. The van der Waals surface area contributed by atoms with E-state index in [-0.39, 0.29) is 72.1 Å². The molecule has 24 heteroatoms. The van der Waals surface area contributed by atoms with Gasteiger partial charge in [-0.1, -0.05) is 289 Å². The number of ether oxygens (including phenoxy) is 12. The fourth-order valence-electron chi connectivity index (χ4n) is 12.1. The summed E-state index contributed by atoms with van der Waals surface area (Å²) in [5.41, 5.74) is 12.3. The van der Waals surface area contributed by atoms with E-state index in [0.29, 0.717) is 69.0 Å². The van der Waals surface area contributed by atoms with E-state index in [1.165, 1.54) is 0 Å². The fourth-order valence-corrected chi connectivity index (χ4v) is 12.1. The second-order valence-corrected chi connectivity index (χ2v) is 28.9. The van der Waals surface area contributed by atoms with Crippen LogP contribution < -0.4 is 56.8 Å². The number of para-hydroxylation sites is 4. The van der Waals surface area contributed by atoms with Gasteiger partial charge in [0.05, 0.1) is 0 Å². The van der Waals surface area contributed by atoms with Crippen LogP contribution in [0.4, 0.5) is 0 Å². The Morgan fingerprint density at radius 2 is 0.206 bits per heavy atom. The monoisotopic (exact) mass is 1730 g/mol. The maximum atomic E-state index is 5.98. The van der Waals surface area contributed by atoms with Crippen LogP contribution in [0.25, 0.3) is 33.4 Å². The number of hydrogen-bond donors (Lipinski definition) is 0. The van der Waals surface area contributed by atoms with Crippen LogP contribution in [-0.4, -0.2) is 59.8 Å². The number of rotatable bonds is 27. The van der Waals surface area contributed by atoms with Gasteiger partial charge in [0.25, 0.3) is 0 Å². The molecule has 0 saturated heterocycles. The van der Waals surface area contributed by atoms with Crippen molar-refractivity contribution in [2.24, 2.45) is 0 Å². The second-order valence-electron chi connectivity index (χ2n) is 28.9. The molecule has 0 radical (unpaired) electrons. The molecule has 0 aliphatic heterocycles. The summed E-state index contributed by atoms with van der Waals surface area (Å²) in [7, 11) is 0. The Morgan fingerprint density at radius 3 is 0.336 bits per heavy atom. The summed E-state index contributed by atoms with van der Waals surface area (Å²) >= 11 is 0. The Kier molecular flexibility index (Phi) is 28.7. The van der Waals surface area contributed by atoms with Gasteiger partial charge in [-0.25, -0.2) is 0 Å². The van der Waals surface area contributed by atoms with Gasteiger partial charge in [-0.3, -0.25) is 0 Å². The molecule has 19 aromatic rings. The summed E-state index contributed by atoms with van der Waals surface area (Å²) < 4.78 is 70.1. The third-order valence-electron chi connectivity index (χ3n) is 18.8. The minimum atomic E-state index is 0.0549. The number of nitrogens with zero attached hydrogens (tertiary/aromatic N) is 12. The van der Waals surface area contributed by atoms with Crippen molar-refractivity contribution in [2.75, 3.05) is 0 Å². The second kappa shape index (κ2) is 43.5. The van der Waals surface area contributed by atoms with Crippen LogP contribution in [0.15, 0.2) is 406 Å². The molecule has 0 spiro atoms. The van der Waals surface area contributed by atoms with E-state index in [2.05, 4.69) is 96.2 Å². The normalized spacial score (nSPS) is 10.5. The topological polar surface area (TPSA) is 265 Å². The number of aryl methyl sites for hydroxylation is 5. The molecular formula is C107H82N12O12. The molecule has 0 fully saturated rings. The van der Waals surface area contributed by atoms with Crippen LogP contribution in [0.1, 0.15) is 27.8 Å². The molecular weight excluding hydrogens is 1650 g/mol. The molecule has 0 saturated carbocycles. The van der Waals surface area contributed by atoms with E-state index in [1.54, 1.807) is 0 Å². The molecule has 131 heavy (non-hydrogen) atoms.